The van der Waals surface area contributed by atoms with Crippen LogP contribution >= 0.6 is 0 Å². The monoisotopic (exact) mass is 291 g/mol. The number of hydrogen-bond acceptors (Lipinski definition) is 3. The van der Waals surface area contributed by atoms with E-state index in [0.29, 0.717) is 11.3 Å². The third kappa shape index (κ3) is 2.94. The molecule has 1 aromatic carbocycles. The number of methoxy groups -OCH3 is 1. The molecule has 0 atom stereocenters. The normalized spacial score (nSPS) is 10.4. The molecule has 0 bridgehead atoms. The minimum atomic E-state index is -1.31. The van der Waals surface area contributed by atoms with E-state index >= 15 is 0 Å². The van der Waals surface area contributed by atoms with Gasteiger partial charge in [0.05, 0.1) is 13.7 Å². The van der Waals surface area contributed by atoms with Crippen molar-refractivity contribution < 1.29 is 19.0 Å². The summed E-state index contributed by atoms with van der Waals surface area (Å²) < 4.78 is 20.5. The Morgan fingerprint density at radius 3 is 2.76 bits per heavy atom. The Labute approximate surface area is 120 Å². The molecule has 2 rings (SSSR count). The third-order valence-corrected chi connectivity index (χ3v) is 3.18. The maximum atomic E-state index is 14.1. The summed E-state index contributed by atoms with van der Waals surface area (Å²) >= 11 is 0. The zero-order chi connectivity index (χ0) is 15.6. The van der Waals surface area contributed by atoms with E-state index in [1.165, 1.54) is 30.0 Å². The van der Waals surface area contributed by atoms with E-state index in [2.05, 4.69) is 0 Å². The largest absolute Gasteiger partial charge is 0.494 e. The van der Waals surface area contributed by atoms with E-state index in [-0.39, 0.29) is 17.9 Å². The molecular formula is C15H14FNO4. The molecule has 0 saturated carbocycles. The highest BCUT2D eigenvalue weighted by Crippen LogP contribution is 2.21. The molecule has 0 fully saturated rings. The molecule has 0 unspecified atom stereocenters. The molecule has 1 aromatic heterocycles. The van der Waals surface area contributed by atoms with Gasteiger partial charge in [0.1, 0.15) is 5.56 Å². The van der Waals surface area contributed by atoms with Crippen molar-refractivity contribution in [2.24, 2.45) is 0 Å². The molecule has 1 N–H and O–H groups in total. The number of aryl methyl sites for hydroxylation is 1. The summed E-state index contributed by atoms with van der Waals surface area (Å²) in [4.78, 5) is 22.6. The first-order valence-corrected chi connectivity index (χ1v) is 6.19. The van der Waals surface area contributed by atoms with E-state index in [1.54, 1.807) is 19.1 Å². The fourth-order valence-electron chi connectivity index (χ4n) is 2.02. The van der Waals surface area contributed by atoms with Crippen LogP contribution in [0.3, 0.4) is 0 Å². The van der Waals surface area contributed by atoms with E-state index < -0.39 is 17.2 Å². The van der Waals surface area contributed by atoms with Crippen LogP contribution in [-0.4, -0.2) is 22.8 Å². The summed E-state index contributed by atoms with van der Waals surface area (Å²) in [5.41, 5.74) is -0.0177. The van der Waals surface area contributed by atoms with Gasteiger partial charge in [-0.2, -0.15) is 0 Å². The van der Waals surface area contributed by atoms with Crippen molar-refractivity contribution in [2.75, 3.05) is 7.11 Å². The summed E-state index contributed by atoms with van der Waals surface area (Å²) in [6.07, 6.45) is 1.22. The average Bonchev–Trinajstić information content (AvgIpc) is 2.43. The molecular weight excluding hydrogens is 277 g/mol. The molecule has 0 aliphatic rings. The fourth-order valence-corrected chi connectivity index (χ4v) is 2.02. The van der Waals surface area contributed by atoms with E-state index in [9.17, 15) is 14.0 Å². The molecule has 21 heavy (non-hydrogen) atoms. The lowest BCUT2D eigenvalue weighted by Crippen LogP contribution is -2.19. The van der Waals surface area contributed by atoms with Crippen LogP contribution in [0.1, 0.15) is 21.6 Å². The number of rotatable bonds is 4. The van der Waals surface area contributed by atoms with Crippen LogP contribution in [-0.2, 0) is 6.54 Å². The van der Waals surface area contributed by atoms with Crippen LogP contribution in [0.4, 0.5) is 4.39 Å². The van der Waals surface area contributed by atoms with Crippen LogP contribution < -0.4 is 10.2 Å². The highest BCUT2D eigenvalue weighted by Gasteiger charge is 2.13. The summed E-state index contributed by atoms with van der Waals surface area (Å²) in [5.74, 6) is -1.69. The van der Waals surface area contributed by atoms with Crippen molar-refractivity contribution in [3.63, 3.8) is 0 Å². The van der Waals surface area contributed by atoms with Gasteiger partial charge >= 0.3 is 5.97 Å². The number of nitrogens with zero attached hydrogens (tertiary/aromatic N) is 1. The Balaban J connectivity index is 2.47. The number of aromatic carboxylic acids is 1. The molecule has 0 saturated heterocycles. The summed E-state index contributed by atoms with van der Waals surface area (Å²) in [7, 11) is 1.37. The fraction of sp³-hybridized carbons (Fsp3) is 0.200. The number of halogens is 1. The Morgan fingerprint density at radius 2 is 2.14 bits per heavy atom. The quantitative estimate of drug-likeness (QED) is 0.936. The molecule has 0 spiro atoms. The number of carboxylic acids is 1. The highest BCUT2D eigenvalue weighted by atomic mass is 19.1. The zero-order valence-corrected chi connectivity index (χ0v) is 11.6. The molecule has 6 heteroatoms. The maximum Gasteiger partial charge on any atom is 0.341 e. The zero-order valence-electron chi connectivity index (χ0n) is 11.6. The van der Waals surface area contributed by atoms with Gasteiger partial charge in [0.25, 0.3) is 0 Å². The second kappa shape index (κ2) is 5.78. The predicted molar refractivity (Wildman–Crippen MR) is 74.5 cm³/mol. The maximum absolute atomic E-state index is 14.1. The SMILES string of the molecule is COc1cccc(Cn2cc(C(=O)O)c(=O)cc2C)c1F. The van der Waals surface area contributed by atoms with Crippen molar-refractivity contribution in [3.05, 3.63) is 63.3 Å². The lowest BCUT2D eigenvalue weighted by atomic mass is 10.1. The standard InChI is InChI=1S/C15H14FNO4/c1-9-6-12(18)11(15(19)20)8-17(9)7-10-4-3-5-13(21-2)14(10)16/h3-6,8H,7H2,1-2H3,(H,19,20). The number of pyridine rings is 1. The molecule has 110 valence electrons. The van der Waals surface area contributed by atoms with Gasteiger partial charge in [-0.05, 0) is 13.0 Å². The molecule has 5 nitrogen and oxygen atoms in total. The van der Waals surface area contributed by atoms with Gasteiger partial charge in [-0.15, -0.1) is 0 Å². The van der Waals surface area contributed by atoms with Crippen LogP contribution in [0.2, 0.25) is 0 Å². The second-order valence-electron chi connectivity index (χ2n) is 4.56. The highest BCUT2D eigenvalue weighted by molar-refractivity contribution is 5.87. The van der Waals surface area contributed by atoms with Gasteiger partial charge in [0.2, 0.25) is 0 Å². The van der Waals surface area contributed by atoms with Gasteiger partial charge in [0, 0.05) is 23.5 Å². The van der Waals surface area contributed by atoms with Crippen molar-refractivity contribution in [3.8, 4) is 5.75 Å². The molecule has 0 amide bonds. The van der Waals surface area contributed by atoms with E-state index in [4.69, 9.17) is 9.84 Å². The molecule has 0 radical (unpaired) electrons. The first kappa shape index (κ1) is 14.8. The second-order valence-corrected chi connectivity index (χ2v) is 4.56. The minimum Gasteiger partial charge on any atom is -0.494 e. The topological polar surface area (TPSA) is 68.5 Å². The Hall–Kier alpha value is -2.63. The average molecular weight is 291 g/mol. The van der Waals surface area contributed by atoms with E-state index in [1.807, 2.05) is 0 Å². The number of ether oxygens (including phenoxy) is 1. The Kier molecular flexibility index (Phi) is 4.07. The summed E-state index contributed by atoms with van der Waals surface area (Å²) in [6, 6.07) is 5.95. The van der Waals surface area contributed by atoms with Crippen LogP contribution in [0, 0.1) is 12.7 Å². The lowest BCUT2D eigenvalue weighted by molar-refractivity contribution is 0.0694. The smallest absolute Gasteiger partial charge is 0.341 e. The molecule has 0 aliphatic heterocycles. The summed E-state index contributed by atoms with van der Waals surface area (Å²) in [6.45, 7) is 1.76. The first-order chi connectivity index (χ1) is 9.93. The predicted octanol–water partition coefficient (Wildman–Crippen LogP) is 2.05. The molecule has 1 heterocycles. The van der Waals surface area contributed by atoms with Crippen LogP contribution in [0.15, 0.2) is 35.3 Å². The van der Waals surface area contributed by atoms with Crippen LogP contribution in [0.5, 0.6) is 5.75 Å². The number of carbonyl (C=O) groups is 1. The van der Waals surface area contributed by atoms with Gasteiger partial charge in [-0.3, -0.25) is 4.79 Å². The van der Waals surface area contributed by atoms with E-state index in [0.717, 1.165) is 0 Å². The number of carboxylic acid groups (broad SMARTS) is 1. The van der Waals surface area contributed by atoms with Gasteiger partial charge < -0.3 is 14.4 Å². The van der Waals surface area contributed by atoms with Gasteiger partial charge in [-0.1, -0.05) is 12.1 Å². The minimum absolute atomic E-state index is 0.107. The first-order valence-electron chi connectivity index (χ1n) is 6.19. The number of benzene rings is 1. The van der Waals surface area contributed by atoms with Gasteiger partial charge in [-0.25, -0.2) is 9.18 Å². The number of aromatic nitrogens is 1. The van der Waals surface area contributed by atoms with Gasteiger partial charge in [0.15, 0.2) is 17.0 Å². The lowest BCUT2D eigenvalue weighted by Gasteiger charge is -2.13. The number of hydrogen-bond donors (Lipinski definition) is 1. The Morgan fingerprint density at radius 1 is 1.43 bits per heavy atom. The third-order valence-electron chi connectivity index (χ3n) is 3.18. The van der Waals surface area contributed by atoms with Crippen LogP contribution in [0.25, 0.3) is 0 Å². The van der Waals surface area contributed by atoms with Crippen molar-refractivity contribution in [1.82, 2.24) is 4.57 Å². The molecule has 2 aromatic rings. The van der Waals surface area contributed by atoms with Crippen molar-refractivity contribution in [2.45, 2.75) is 13.5 Å². The molecule has 0 aliphatic carbocycles. The Bertz CT molecular complexity index is 752. The van der Waals surface area contributed by atoms with Crippen molar-refractivity contribution in [1.29, 1.82) is 0 Å². The summed E-state index contributed by atoms with van der Waals surface area (Å²) in [5, 5.41) is 8.98. The van der Waals surface area contributed by atoms with Crippen molar-refractivity contribution >= 4 is 5.97 Å².